The number of nitrogen functional groups attached to an aromatic ring is 1. The van der Waals surface area contributed by atoms with Crippen LogP contribution in [-0.4, -0.2) is 91.1 Å². The molecule has 226 valence electrons. The van der Waals surface area contributed by atoms with E-state index in [-0.39, 0.29) is 12.5 Å². The molecule has 1 aromatic carbocycles. The predicted octanol–water partition coefficient (Wildman–Crippen LogP) is 2.18. The van der Waals surface area contributed by atoms with Crippen molar-refractivity contribution >= 4 is 42.4 Å². The van der Waals surface area contributed by atoms with Crippen molar-refractivity contribution in [3.63, 3.8) is 0 Å². The maximum absolute atomic E-state index is 13.9. The zero-order valence-corrected chi connectivity index (χ0v) is 24.0. The Balaban J connectivity index is 0.000000531. The first-order valence-corrected chi connectivity index (χ1v) is 14.6. The highest BCUT2D eigenvalue weighted by Crippen LogP contribution is 2.55. The molecule has 1 aliphatic rings. The third-order valence-corrected chi connectivity index (χ3v) is 8.42. The Kier molecular flexibility index (Phi) is 11.7. The second-order valence-electron chi connectivity index (χ2n) is 9.16. The molecule has 4 N–H and O–H groups in total. The van der Waals surface area contributed by atoms with Gasteiger partial charge in [0.1, 0.15) is 24.2 Å². The maximum Gasteiger partial charge on any atom is 0.328 e. The van der Waals surface area contributed by atoms with E-state index in [4.69, 9.17) is 29.9 Å². The highest BCUT2D eigenvalue weighted by Gasteiger charge is 2.43. The number of hydrogen-bond acceptors (Lipinski definition) is 11. The lowest BCUT2D eigenvalue weighted by Gasteiger charge is -2.39. The standard InChI is InChI=1S/C22H29N6O5P.C4H4O4/c1-16(12-27-14-26-19-20(23)24-13-25-21(19)27)32-15-34(30)28(9-6-10-33-34)18(22(29)31-2)11-17-7-4-3-5-8-17;5-3(6)1-2-4(7)8/h3-5,7-8,13-14,16,18H,6,9-12,15H2,1-2H3,(H2,23,24,25);1-2H,(H,5,6)(H,7,8)/b;2-1+/t16-,18+,34?;/m1./s1. The summed E-state index contributed by atoms with van der Waals surface area (Å²) in [4.78, 5) is 44.2. The Bertz CT molecular complexity index is 1430. The zero-order chi connectivity index (χ0) is 30.7. The molecular formula is C26H33N6O9P. The van der Waals surface area contributed by atoms with Gasteiger partial charge in [-0.1, -0.05) is 30.3 Å². The van der Waals surface area contributed by atoms with Crippen LogP contribution in [0.3, 0.4) is 0 Å². The Morgan fingerprint density at radius 2 is 1.83 bits per heavy atom. The van der Waals surface area contributed by atoms with E-state index in [0.717, 1.165) is 5.56 Å². The monoisotopic (exact) mass is 604 g/mol. The molecule has 0 aliphatic carbocycles. The summed E-state index contributed by atoms with van der Waals surface area (Å²) in [6.45, 7) is 3.06. The molecule has 3 atom stereocenters. The molecular weight excluding hydrogens is 571 g/mol. The number of imidazole rings is 1. The number of nitrogens with zero attached hydrogens (tertiary/aromatic N) is 5. The molecule has 3 heterocycles. The van der Waals surface area contributed by atoms with Crippen molar-refractivity contribution in [3.05, 3.63) is 60.7 Å². The number of carboxylic acid groups (broad SMARTS) is 2. The van der Waals surface area contributed by atoms with Crippen LogP contribution in [0.1, 0.15) is 18.9 Å². The summed E-state index contributed by atoms with van der Waals surface area (Å²) in [7, 11) is -2.11. The van der Waals surface area contributed by atoms with Crippen LogP contribution in [0.15, 0.2) is 55.1 Å². The van der Waals surface area contributed by atoms with E-state index >= 15 is 0 Å². The molecule has 1 saturated heterocycles. The van der Waals surface area contributed by atoms with Gasteiger partial charge in [0, 0.05) is 18.7 Å². The fourth-order valence-electron chi connectivity index (χ4n) is 4.15. The minimum absolute atomic E-state index is 0.153. The first-order valence-electron chi connectivity index (χ1n) is 12.8. The molecule has 1 unspecified atom stereocenters. The number of aliphatic carboxylic acids is 2. The van der Waals surface area contributed by atoms with Crippen LogP contribution in [0.4, 0.5) is 5.82 Å². The van der Waals surface area contributed by atoms with Crippen molar-refractivity contribution in [2.24, 2.45) is 0 Å². The highest BCUT2D eigenvalue weighted by molar-refractivity contribution is 7.56. The largest absolute Gasteiger partial charge is 0.478 e. The number of methoxy groups -OCH3 is 1. The molecule has 3 aromatic rings. The number of carbonyl (C=O) groups is 3. The minimum Gasteiger partial charge on any atom is -0.478 e. The third kappa shape index (κ3) is 8.91. The molecule has 0 amide bonds. The summed E-state index contributed by atoms with van der Waals surface area (Å²) in [5.74, 6) is -2.66. The fourth-order valence-corrected chi connectivity index (χ4v) is 6.42. The number of hydrogen-bond donors (Lipinski definition) is 3. The molecule has 4 rings (SSSR count). The van der Waals surface area contributed by atoms with Crippen LogP contribution in [0.25, 0.3) is 11.2 Å². The molecule has 1 aliphatic heterocycles. The van der Waals surface area contributed by atoms with Gasteiger partial charge in [0.05, 0.1) is 32.7 Å². The average molecular weight is 605 g/mol. The van der Waals surface area contributed by atoms with Crippen molar-refractivity contribution < 1.29 is 43.2 Å². The topological polar surface area (TPSA) is 209 Å². The summed E-state index contributed by atoms with van der Waals surface area (Å²) in [5, 5.41) is 15.6. The third-order valence-electron chi connectivity index (χ3n) is 6.09. The molecule has 16 heteroatoms. The SMILES string of the molecule is COC(=O)[C@H](Cc1ccccc1)N1CCCOP1(=O)CO[C@H](C)Cn1cnc2c(N)ncnc21.O=C(O)/C=C/C(=O)O. The van der Waals surface area contributed by atoms with Gasteiger partial charge in [0.15, 0.2) is 11.5 Å². The summed E-state index contributed by atoms with van der Waals surface area (Å²) in [6.07, 6.45) is 4.65. The predicted molar refractivity (Wildman–Crippen MR) is 150 cm³/mol. The second kappa shape index (κ2) is 15.2. The summed E-state index contributed by atoms with van der Waals surface area (Å²) < 4.78 is 34.1. The van der Waals surface area contributed by atoms with Gasteiger partial charge < -0.3 is 34.5 Å². The quantitative estimate of drug-likeness (QED) is 0.163. The number of fused-ring (bicyclic) bond motifs is 1. The van der Waals surface area contributed by atoms with Crippen LogP contribution in [0.5, 0.6) is 0 Å². The van der Waals surface area contributed by atoms with Crippen molar-refractivity contribution in [1.29, 1.82) is 0 Å². The number of ether oxygens (including phenoxy) is 2. The number of aromatic nitrogens is 4. The van der Waals surface area contributed by atoms with E-state index in [0.29, 0.717) is 61.7 Å². The van der Waals surface area contributed by atoms with Crippen molar-refractivity contribution in [2.75, 3.05) is 32.3 Å². The van der Waals surface area contributed by atoms with Crippen LogP contribution in [0.2, 0.25) is 0 Å². The minimum atomic E-state index is -3.44. The van der Waals surface area contributed by atoms with Crippen LogP contribution in [-0.2, 0) is 45.9 Å². The van der Waals surface area contributed by atoms with E-state index in [1.54, 1.807) is 15.6 Å². The number of carbonyl (C=O) groups excluding carboxylic acids is 1. The number of anilines is 1. The van der Waals surface area contributed by atoms with E-state index in [2.05, 4.69) is 15.0 Å². The lowest BCUT2D eigenvalue weighted by atomic mass is 10.1. The Morgan fingerprint density at radius 1 is 1.14 bits per heavy atom. The van der Waals surface area contributed by atoms with E-state index in [9.17, 15) is 18.9 Å². The Hall–Kier alpha value is -4.17. The van der Waals surface area contributed by atoms with Gasteiger partial charge in [-0.25, -0.2) is 29.2 Å². The van der Waals surface area contributed by atoms with Gasteiger partial charge in [-0.15, -0.1) is 0 Å². The number of benzene rings is 1. The van der Waals surface area contributed by atoms with E-state index in [1.807, 2.05) is 37.3 Å². The fraction of sp³-hybridized carbons (Fsp3) is 0.385. The summed E-state index contributed by atoms with van der Waals surface area (Å²) in [6, 6.07) is 8.82. The molecule has 0 saturated carbocycles. The van der Waals surface area contributed by atoms with E-state index in [1.165, 1.54) is 13.4 Å². The van der Waals surface area contributed by atoms with Crippen LogP contribution < -0.4 is 5.73 Å². The van der Waals surface area contributed by atoms with Crippen molar-refractivity contribution in [3.8, 4) is 0 Å². The smallest absolute Gasteiger partial charge is 0.328 e. The van der Waals surface area contributed by atoms with Gasteiger partial charge >= 0.3 is 17.9 Å². The normalized spacial score (nSPS) is 18.6. The zero-order valence-electron chi connectivity index (χ0n) is 23.1. The number of esters is 1. The number of nitrogens with two attached hydrogens (primary N) is 1. The molecule has 0 spiro atoms. The molecule has 0 radical (unpaired) electrons. The number of carboxylic acids is 2. The highest BCUT2D eigenvalue weighted by atomic mass is 31.2. The van der Waals surface area contributed by atoms with Gasteiger partial charge in [-0.05, 0) is 25.3 Å². The van der Waals surface area contributed by atoms with Crippen molar-refractivity contribution in [2.45, 2.75) is 38.5 Å². The first-order chi connectivity index (χ1) is 20.0. The van der Waals surface area contributed by atoms with Crippen LogP contribution in [0, 0.1) is 0 Å². The van der Waals surface area contributed by atoms with Gasteiger partial charge in [0.25, 0.3) is 7.52 Å². The lowest BCUT2D eigenvalue weighted by molar-refractivity contribution is -0.145. The van der Waals surface area contributed by atoms with E-state index < -0.39 is 31.5 Å². The Morgan fingerprint density at radius 3 is 2.48 bits per heavy atom. The average Bonchev–Trinajstić information content (AvgIpc) is 3.38. The van der Waals surface area contributed by atoms with Gasteiger partial charge in [0.2, 0.25) is 0 Å². The molecule has 42 heavy (non-hydrogen) atoms. The first kappa shape index (κ1) is 32.3. The molecule has 2 aromatic heterocycles. The van der Waals surface area contributed by atoms with Crippen molar-refractivity contribution in [1.82, 2.24) is 24.2 Å². The molecule has 15 nitrogen and oxygen atoms in total. The lowest BCUT2D eigenvalue weighted by Crippen LogP contribution is -2.45. The summed E-state index contributed by atoms with van der Waals surface area (Å²) >= 11 is 0. The van der Waals surface area contributed by atoms with Crippen LogP contribution >= 0.6 is 7.52 Å². The number of rotatable bonds is 11. The van der Waals surface area contributed by atoms with Gasteiger partial charge in [-0.3, -0.25) is 9.36 Å². The second-order valence-corrected chi connectivity index (χ2v) is 11.5. The Labute approximate surface area is 241 Å². The summed E-state index contributed by atoms with van der Waals surface area (Å²) in [5.41, 5.74) is 7.91. The molecule has 0 bridgehead atoms. The molecule has 1 fully saturated rings. The van der Waals surface area contributed by atoms with Gasteiger partial charge in [-0.2, -0.15) is 0 Å². The maximum atomic E-state index is 13.9.